The van der Waals surface area contributed by atoms with Gasteiger partial charge in [-0.2, -0.15) is 0 Å². The first kappa shape index (κ1) is 17.4. The van der Waals surface area contributed by atoms with Crippen LogP contribution in [0, 0.1) is 0 Å². The van der Waals surface area contributed by atoms with Crippen LogP contribution in [-0.2, 0) is 16.6 Å². The van der Waals surface area contributed by atoms with E-state index < -0.39 is 15.6 Å². The number of sulfonamides is 1. The van der Waals surface area contributed by atoms with Gasteiger partial charge in [0, 0.05) is 5.54 Å². The third-order valence-electron chi connectivity index (χ3n) is 3.85. The van der Waals surface area contributed by atoms with Crippen molar-refractivity contribution in [1.82, 2.24) is 4.72 Å². The maximum absolute atomic E-state index is 12.5. The molecular formula is C14H22ClNO3S. The summed E-state index contributed by atoms with van der Waals surface area (Å²) in [7, 11) is -3.71. The van der Waals surface area contributed by atoms with Gasteiger partial charge in [0.15, 0.2) is 0 Å². The molecule has 6 heteroatoms. The molecule has 0 spiro atoms. The smallest absolute Gasteiger partial charge is 0.242 e. The van der Waals surface area contributed by atoms with Gasteiger partial charge in [-0.1, -0.05) is 38.4 Å². The molecule has 0 fully saturated rings. The molecule has 0 unspecified atom stereocenters. The van der Waals surface area contributed by atoms with Gasteiger partial charge in [-0.3, -0.25) is 0 Å². The van der Waals surface area contributed by atoms with E-state index in [0.717, 1.165) is 0 Å². The van der Waals surface area contributed by atoms with Crippen LogP contribution in [-0.4, -0.2) is 19.1 Å². The van der Waals surface area contributed by atoms with Gasteiger partial charge in [0.25, 0.3) is 0 Å². The molecule has 1 aromatic carbocycles. The normalized spacial score (nSPS) is 12.7. The Labute approximate surface area is 126 Å². The number of aliphatic hydroxyl groups excluding tert-OH is 1. The second-order valence-electron chi connectivity index (χ2n) is 4.87. The third kappa shape index (κ3) is 3.73. The topological polar surface area (TPSA) is 66.4 Å². The van der Waals surface area contributed by atoms with Gasteiger partial charge >= 0.3 is 0 Å². The van der Waals surface area contributed by atoms with Crippen molar-refractivity contribution in [3.8, 4) is 0 Å². The van der Waals surface area contributed by atoms with Crippen LogP contribution < -0.4 is 4.72 Å². The molecule has 1 aromatic rings. The van der Waals surface area contributed by atoms with Crippen molar-refractivity contribution >= 4 is 21.6 Å². The van der Waals surface area contributed by atoms with Crippen molar-refractivity contribution in [3.05, 3.63) is 28.8 Å². The van der Waals surface area contributed by atoms with Gasteiger partial charge < -0.3 is 5.11 Å². The molecule has 2 N–H and O–H groups in total. The first-order valence-electron chi connectivity index (χ1n) is 6.77. The highest BCUT2D eigenvalue weighted by molar-refractivity contribution is 7.89. The number of hydrogen-bond acceptors (Lipinski definition) is 3. The highest BCUT2D eigenvalue weighted by Gasteiger charge is 2.31. The highest BCUT2D eigenvalue weighted by Crippen LogP contribution is 2.27. The van der Waals surface area contributed by atoms with Gasteiger partial charge in [0.05, 0.1) is 11.6 Å². The summed E-state index contributed by atoms with van der Waals surface area (Å²) in [6.07, 6.45) is 2.11. The molecule has 0 heterocycles. The van der Waals surface area contributed by atoms with E-state index in [2.05, 4.69) is 4.72 Å². The zero-order valence-electron chi connectivity index (χ0n) is 12.1. The molecule has 0 saturated carbocycles. The summed E-state index contributed by atoms with van der Waals surface area (Å²) in [5.41, 5.74) is 0.0575. The Balaban J connectivity index is 3.23. The number of nitrogens with one attached hydrogen (secondary N) is 1. The minimum atomic E-state index is -3.71. The Morgan fingerprint density at radius 1 is 1.20 bits per heavy atom. The maximum Gasteiger partial charge on any atom is 0.242 e. The van der Waals surface area contributed by atoms with Crippen LogP contribution in [0.1, 0.15) is 45.6 Å². The van der Waals surface area contributed by atoms with Crippen molar-refractivity contribution in [2.24, 2.45) is 0 Å². The summed E-state index contributed by atoms with van der Waals surface area (Å²) in [5, 5.41) is 9.29. The van der Waals surface area contributed by atoms with E-state index in [-0.39, 0.29) is 16.5 Å². The van der Waals surface area contributed by atoms with E-state index in [4.69, 9.17) is 16.7 Å². The van der Waals surface area contributed by atoms with Crippen LogP contribution in [0.4, 0.5) is 0 Å². The third-order valence-corrected chi connectivity index (χ3v) is 5.91. The van der Waals surface area contributed by atoms with E-state index in [1.54, 1.807) is 6.07 Å². The molecular weight excluding hydrogens is 298 g/mol. The Morgan fingerprint density at radius 2 is 1.75 bits per heavy atom. The lowest BCUT2D eigenvalue weighted by atomic mass is 9.91. The van der Waals surface area contributed by atoms with Gasteiger partial charge in [0.2, 0.25) is 10.0 Å². The van der Waals surface area contributed by atoms with Crippen LogP contribution in [0.15, 0.2) is 23.1 Å². The van der Waals surface area contributed by atoms with Crippen molar-refractivity contribution in [2.75, 3.05) is 0 Å². The van der Waals surface area contributed by atoms with E-state index in [1.807, 2.05) is 20.8 Å². The Kier molecular flexibility index (Phi) is 6.01. The lowest BCUT2D eigenvalue weighted by molar-refractivity contribution is 0.281. The fourth-order valence-corrected chi connectivity index (χ4v) is 4.33. The van der Waals surface area contributed by atoms with Crippen molar-refractivity contribution < 1.29 is 13.5 Å². The fourth-order valence-electron chi connectivity index (χ4n) is 2.16. The molecule has 20 heavy (non-hydrogen) atoms. The van der Waals surface area contributed by atoms with Gasteiger partial charge in [-0.05, 0) is 37.0 Å². The van der Waals surface area contributed by atoms with E-state index >= 15 is 0 Å². The minimum absolute atomic E-state index is 0.0189. The predicted octanol–water partition coefficient (Wildman–Crippen LogP) is 3.08. The van der Waals surface area contributed by atoms with E-state index in [9.17, 15) is 8.42 Å². The van der Waals surface area contributed by atoms with Crippen LogP contribution in [0.25, 0.3) is 0 Å². The Bertz CT molecular complexity index is 545. The van der Waals surface area contributed by atoms with Crippen LogP contribution >= 0.6 is 11.6 Å². The molecule has 4 nitrogen and oxygen atoms in total. The predicted molar refractivity (Wildman–Crippen MR) is 81.3 cm³/mol. The molecule has 0 amide bonds. The average molecular weight is 320 g/mol. The number of hydrogen-bond donors (Lipinski definition) is 2. The van der Waals surface area contributed by atoms with Gasteiger partial charge in [-0.15, -0.1) is 0 Å². The second-order valence-corrected chi connectivity index (χ2v) is 6.93. The largest absolute Gasteiger partial charge is 0.392 e. The molecule has 0 bridgehead atoms. The van der Waals surface area contributed by atoms with E-state index in [0.29, 0.717) is 24.8 Å². The molecule has 0 radical (unpaired) electrons. The molecule has 0 aliphatic rings. The molecule has 0 saturated heterocycles. The summed E-state index contributed by atoms with van der Waals surface area (Å²) in [5.74, 6) is 0. The lowest BCUT2D eigenvalue weighted by Crippen LogP contribution is -2.47. The molecule has 114 valence electrons. The number of aliphatic hydroxyl groups is 1. The Hall–Kier alpha value is -0.620. The van der Waals surface area contributed by atoms with Crippen LogP contribution in [0.2, 0.25) is 5.02 Å². The molecule has 0 aromatic heterocycles. The van der Waals surface area contributed by atoms with Crippen molar-refractivity contribution in [2.45, 2.75) is 57.1 Å². The standard InChI is InChI=1S/C14H22ClNO3S/c1-4-14(5-2,6-3)16-20(18,19)13-9-11(10-17)7-8-12(13)15/h7-9,16-17H,4-6,10H2,1-3H3. The average Bonchev–Trinajstić information content (AvgIpc) is 2.45. The maximum atomic E-state index is 12.5. The number of benzene rings is 1. The lowest BCUT2D eigenvalue weighted by Gasteiger charge is -2.31. The molecule has 0 aliphatic carbocycles. The van der Waals surface area contributed by atoms with Crippen molar-refractivity contribution in [1.29, 1.82) is 0 Å². The van der Waals surface area contributed by atoms with Crippen LogP contribution in [0.3, 0.4) is 0 Å². The SMILES string of the molecule is CCC(CC)(CC)NS(=O)(=O)c1cc(CO)ccc1Cl. The minimum Gasteiger partial charge on any atom is -0.392 e. The van der Waals surface area contributed by atoms with Gasteiger partial charge in [-0.25, -0.2) is 13.1 Å². The summed E-state index contributed by atoms with van der Waals surface area (Å²) < 4.78 is 27.8. The highest BCUT2D eigenvalue weighted by atomic mass is 35.5. The monoisotopic (exact) mass is 319 g/mol. The van der Waals surface area contributed by atoms with E-state index in [1.165, 1.54) is 12.1 Å². The van der Waals surface area contributed by atoms with Crippen molar-refractivity contribution in [3.63, 3.8) is 0 Å². The summed E-state index contributed by atoms with van der Waals surface area (Å²) in [6.45, 7) is 5.66. The van der Waals surface area contributed by atoms with Crippen LogP contribution in [0.5, 0.6) is 0 Å². The zero-order chi connectivity index (χ0) is 15.4. The number of halogens is 1. The second kappa shape index (κ2) is 6.89. The summed E-state index contributed by atoms with van der Waals surface area (Å²) in [4.78, 5) is 0.0189. The summed E-state index contributed by atoms with van der Waals surface area (Å²) >= 11 is 6.00. The zero-order valence-corrected chi connectivity index (χ0v) is 13.7. The fraction of sp³-hybridized carbons (Fsp3) is 0.571. The molecule has 0 aliphatic heterocycles. The summed E-state index contributed by atoms with van der Waals surface area (Å²) in [6, 6.07) is 4.51. The first-order valence-corrected chi connectivity index (χ1v) is 8.63. The molecule has 1 rings (SSSR count). The molecule has 0 atom stereocenters. The first-order chi connectivity index (χ1) is 9.34. The Morgan fingerprint density at radius 3 is 2.20 bits per heavy atom. The quantitative estimate of drug-likeness (QED) is 0.811. The van der Waals surface area contributed by atoms with Gasteiger partial charge in [0.1, 0.15) is 4.90 Å². The number of rotatable bonds is 7.